The zero-order valence-corrected chi connectivity index (χ0v) is 14.1. The smallest absolute Gasteiger partial charge is 0.119 e. The molecule has 0 aliphatic rings. The lowest BCUT2D eigenvalue weighted by Crippen LogP contribution is -2.19. The zero-order chi connectivity index (χ0) is 15.9. The third kappa shape index (κ3) is 4.60. The van der Waals surface area contributed by atoms with Gasteiger partial charge in [0.15, 0.2) is 0 Å². The predicted molar refractivity (Wildman–Crippen MR) is 91.0 cm³/mol. The number of nitrogens with zero attached hydrogens (tertiary/aromatic N) is 2. The van der Waals surface area contributed by atoms with Crippen molar-refractivity contribution in [2.24, 2.45) is 0 Å². The molecule has 120 valence electrons. The Labute approximate surface area is 133 Å². The second-order valence-corrected chi connectivity index (χ2v) is 6.05. The molecule has 0 aliphatic carbocycles. The van der Waals surface area contributed by atoms with E-state index < -0.39 is 0 Å². The molecule has 2 rings (SSSR count). The van der Waals surface area contributed by atoms with Crippen molar-refractivity contribution >= 4 is 0 Å². The highest BCUT2D eigenvalue weighted by atomic mass is 16.5. The van der Waals surface area contributed by atoms with E-state index in [9.17, 15) is 0 Å². The average Bonchev–Trinajstić information content (AvgIpc) is 2.93. The van der Waals surface area contributed by atoms with E-state index >= 15 is 0 Å². The summed E-state index contributed by atoms with van der Waals surface area (Å²) in [6, 6.07) is 8.20. The number of H-pyrrole nitrogens is 1. The van der Waals surface area contributed by atoms with Crippen molar-refractivity contribution in [1.29, 1.82) is 0 Å². The lowest BCUT2D eigenvalue weighted by Gasteiger charge is -2.16. The minimum Gasteiger partial charge on any atom is -0.491 e. The molecular weight excluding hydrogens is 274 g/mol. The summed E-state index contributed by atoms with van der Waals surface area (Å²) >= 11 is 0. The minimum atomic E-state index is 0.195. The van der Waals surface area contributed by atoms with Crippen LogP contribution in [0.15, 0.2) is 30.5 Å². The molecule has 0 fully saturated rings. The molecule has 2 aromatic rings. The normalized spacial score (nSPS) is 11.4. The molecule has 1 heterocycles. The van der Waals surface area contributed by atoms with E-state index in [1.54, 1.807) is 0 Å². The second-order valence-electron chi connectivity index (χ2n) is 6.05. The molecule has 0 saturated heterocycles. The van der Waals surface area contributed by atoms with Crippen molar-refractivity contribution in [3.8, 4) is 17.0 Å². The maximum atomic E-state index is 5.69. The minimum absolute atomic E-state index is 0.195. The SMILES string of the molecule is CCCCN(C)Cc1cn[nH]c1-c1ccc(OC(C)C)cc1. The third-order valence-electron chi connectivity index (χ3n) is 3.57. The first kappa shape index (κ1) is 16.6. The van der Waals surface area contributed by atoms with Gasteiger partial charge in [0.2, 0.25) is 0 Å². The first-order chi connectivity index (χ1) is 10.6. The topological polar surface area (TPSA) is 41.2 Å². The molecule has 4 heteroatoms. The van der Waals surface area contributed by atoms with Crippen LogP contribution in [0.4, 0.5) is 0 Å². The van der Waals surface area contributed by atoms with Gasteiger partial charge < -0.3 is 9.64 Å². The summed E-state index contributed by atoms with van der Waals surface area (Å²) in [6.07, 6.45) is 4.57. The molecule has 0 unspecified atom stereocenters. The quantitative estimate of drug-likeness (QED) is 0.798. The average molecular weight is 301 g/mol. The van der Waals surface area contributed by atoms with E-state index in [-0.39, 0.29) is 6.10 Å². The van der Waals surface area contributed by atoms with Gasteiger partial charge in [-0.1, -0.05) is 13.3 Å². The van der Waals surface area contributed by atoms with Gasteiger partial charge in [0.1, 0.15) is 5.75 Å². The van der Waals surface area contributed by atoms with Gasteiger partial charge >= 0.3 is 0 Å². The number of ether oxygens (including phenoxy) is 1. The van der Waals surface area contributed by atoms with E-state index in [4.69, 9.17) is 4.74 Å². The van der Waals surface area contributed by atoms with Crippen LogP contribution in [0, 0.1) is 0 Å². The van der Waals surface area contributed by atoms with Crippen molar-refractivity contribution in [1.82, 2.24) is 15.1 Å². The lowest BCUT2D eigenvalue weighted by atomic mass is 10.1. The second kappa shape index (κ2) is 7.99. The predicted octanol–water partition coefficient (Wildman–Crippen LogP) is 4.10. The van der Waals surface area contributed by atoms with E-state index in [1.165, 1.54) is 18.4 Å². The van der Waals surface area contributed by atoms with Crippen LogP contribution in [-0.2, 0) is 6.54 Å². The number of aromatic amines is 1. The van der Waals surface area contributed by atoms with Crippen LogP contribution in [0.5, 0.6) is 5.75 Å². The number of hydrogen-bond donors (Lipinski definition) is 1. The highest BCUT2D eigenvalue weighted by Gasteiger charge is 2.10. The molecular formula is C18H27N3O. The molecule has 1 aromatic carbocycles. The Morgan fingerprint density at radius 1 is 1.23 bits per heavy atom. The maximum absolute atomic E-state index is 5.69. The Morgan fingerprint density at radius 2 is 1.95 bits per heavy atom. The summed E-state index contributed by atoms with van der Waals surface area (Å²) < 4.78 is 5.69. The highest BCUT2D eigenvalue weighted by Crippen LogP contribution is 2.25. The number of unbranched alkanes of at least 4 members (excludes halogenated alkanes) is 1. The van der Waals surface area contributed by atoms with Gasteiger partial charge in [0.05, 0.1) is 18.0 Å². The molecule has 0 radical (unpaired) electrons. The van der Waals surface area contributed by atoms with Crippen LogP contribution in [0.1, 0.15) is 39.2 Å². The van der Waals surface area contributed by atoms with Gasteiger partial charge in [0, 0.05) is 17.7 Å². The number of nitrogens with one attached hydrogen (secondary N) is 1. The molecule has 0 amide bonds. The maximum Gasteiger partial charge on any atom is 0.119 e. The van der Waals surface area contributed by atoms with Crippen LogP contribution in [0.2, 0.25) is 0 Å². The summed E-state index contributed by atoms with van der Waals surface area (Å²) in [6.45, 7) is 8.32. The van der Waals surface area contributed by atoms with Crippen LogP contribution in [0.25, 0.3) is 11.3 Å². The van der Waals surface area contributed by atoms with Gasteiger partial charge in [-0.2, -0.15) is 5.10 Å². The number of hydrogen-bond acceptors (Lipinski definition) is 3. The first-order valence-corrected chi connectivity index (χ1v) is 8.08. The summed E-state index contributed by atoms with van der Waals surface area (Å²) in [7, 11) is 2.16. The van der Waals surface area contributed by atoms with Gasteiger partial charge in [-0.15, -0.1) is 0 Å². The summed E-state index contributed by atoms with van der Waals surface area (Å²) in [5.41, 5.74) is 3.48. The van der Waals surface area contributed by atoms with Crippen molar-refractivity contribution in [3.63, 3.8) is 0 Å². The van der Waals surface area contributed by atoms with Crippen molar-refractivity contribution < 1.29 is 4.74 Å². The molecule has 22 heavy (non-hydrogen) atoms. The van der Waals surface area contributed by atoms with E-state index in [1.807, 2.05) is 32.2 Å². The van der Waals surface area contributed by atoms with Crippen molar-refractivity contribution in [3.05, 3.63) is 36.0 Å². The Morgan fingerprint density at radius 3 is 2.59 bits per heavy atom. The fourth-order valence-electron chi connectivity index (χ4n) is 2.45. The largest absolute Gasteiger partial charge is 0.491 e. The van der Waals surface area contributed by atoms with Crippen LogP contribution < -0.4 is 4.74 Å². The standard InChI is InChI=1S/C18H27N3O/c1-5-6-11-21(4)13-16-12-19-20-18(16)15-7-9-17(10-8-15)22-14(2)3/h7-10,12,14H,5-6,11,13H2,1-4H3,(H,19,20). The van der Waals surface area contributed by atoms with Crippen LogP contribution >= 0.6 is 0 Å². The van der Waals surface area contributed by atoms with Gasteiger partial charge in [-0.05, 0) is 58.1 Å². The van der Waals surface area contributed by atoms with Crippen LogP contribution in [-0.4, -0.2) is 34.8 Å². The molecule has 0 bridgehead atoms. The molecule has 4 nitrogen and oxygen atoms in total. The first-order valence-electron chi connectivity index (χ1n) is 8.08. The van der Waals surface area contributed by atoms with Crippen molar-refractivity contribution in [2.45, 2.75) is 46.3 Å². The summed E-state index contributed by atoms with van der Waals surface area (Å²) in [5, 5.41) is 7.35. The monoisotopic (exact) mass is 301 g/mol. The molecule has 0 spiro atoms. The van der Waals surface area contributed by atoms with Crippen LogP contribution in [0.3, 0.4) is 0 Å². The van der Waals surface area contributed by atoms with Crippen molar-refractivity contribution in [2.75, 3.05) is 13.6 Å². The van der Waals surface area contributed by atoms with Gasteiger partial charge in [-0.25, -0.2) is 0 Å². The Bertz CT molecular complexity index is 560. The number of aromatic nitrogens is 2. The highest BCUT2D eigenvalue weighted by molar-refractivity contribution is 5.63. The zero-order valence-electron chi connectivity index (χ0n) is 14.1. The Hall–Kier alpha value is -1.81. The number of rotatable bonds is 8. The Balaban J connectivity index is 2.08. The van der Waals surface area contributed by atoms with E-state index in [2.05, 4.69) is 41.2 Å². The lowest BCUT2D eigenvalue weighted by molar-refractivity contribution is 0.242. The summed E-state index contributed by atoms with van der Waals surface area (Å²) in [5.74, 6) is 0.903. The molecule has 0 atom stereocenters. The van der Waals surface area contributed by atoms with Gasteiger partial charge in [-0.3, -0.25) is 5.10 Å². The molecule has 0 aliphatic heterocycles. The van der Waals surface area contributed by atoms with Gasteiger partial charge in [0.25, 0.3) is 0 Å². The number of benzene rings is 1. The fourth-order valence-corrected chi connectivity index (χ4v) is 2.45. The Kier molecular flexibility index (Phi) is 6.01. The summed E-state index contributed by atoms with van der Waals surface area (Å²) in [4.78, 5) is 2.34. The van der Waals surface area contributed by atoms with E-state index in [0.717, 1.165) is 30.1 Å². The fraction of sp³-hybridized carbons (Fsp3) is 0.500. The third-order valence-corrected chi connectivity index (χ3v) is 3.57. The molecule has 1 N–H and O–H groups in total. The molecule has 0 saturated carbocycles. The molecule has 1 aromatic heterocycles. The van der Waals surface area contributed by atoms with E-state index in [0.29, 0.717) is 0 Å².